The quantitative estimate of drug-likeness (QED) is 0.431. The molecule has 0 atom stereocenters. The number of nitrogens with one attached hydrogen (secondary N) is 1. The Morgan fingerprint density at radius 3 is 2.03 bits per heavy atom. The van der Waals surface area contributed by atoms with Crippen molar-refractivity contribution in [2.75, 3.05) is 0 Å². The number of hydrogen-bond donors (Lipinski definition) is 1. The maximum absolute atomic E-state index is 13.8. The minimum absolute atomic E-state index is 0.204. The van der Waals surface area contributed by atoms with E-state index in [0.29, 0.717) is 18.4 Å². The van der Waals surface area contributed by atoms with Gasteiger partial charge in [-0.05, 0) is 31.7 Å². The molecule has 0 spiro atoms. The molecule has 12 heteroatoms. The fourth-order valence-corrected chi connectivity index (χ4v) is 4.53. The second-order valence-corrected chi connectivity index (χ2v) is 8.26. The maximum Gasteiger partial charge on any atom is 0.246 e. The molecule has 160 valence electrons. The van der Waals surface area contributed by atoms with Crippen molar-refractivity contribution in [2.45, 2.75) is 42.7 Å². The Balaban J connectivity index is 1.66. The van der Waals surface area contributed by atoms with Crippen LogP contribution < -0.4 is 9.46 Å². The van der Waals surface area contributed by atoms with E-state index in [1.807, 2.05) is 10.8 Å². The number of rotatable bonds is 5. The molecule has 1 aromatic heterocycles. The summed E-state index contributed by atoms with van der Waals surface area (Å²) < 4.78 is 99.6. The average Bonchev–Trinajstić information content (AvgIpc) is 2.72. The Kier molecular flexibility index (Phi) is 6.23. The summed E-state index contributed by atoms with van der Waals surface area (Å²) in [5.41, 5.74) is 0.355. The number of hydrogen-bond acceptors (Lipinski definition) is 5. The summed E-state index contributed by atoms with van der Waals surface area (Å²) in [6.45, 7) is 0. The highest BCUT2D eigenvalue weighted by Crippen LogP contribution is 2.29. The number of halogens is 5. The topological polar surface area (TPSA) is 92.1 Å². The summed E-state index contributed by atoms with van der Waals surface area (Å²) in [4.78, 5) is 2.06. The van der Waals surface area contributed by atoms with Crippen LogP contribution in [-0.4, -0.2) is 25.5 Å². The molecule has 1 aliphatic rings. The van der Waals surface area contributed by atoms with Gasteiger partial charge >= 0.3 is 0 Å². The van der Waals surface area contributed by atoms with Gasteiger partial charge in [-0.3, -0.25) is 0 Å². The summed E-state index contributed by atoms with van der Waals surface area (Å²) in [5, 5.41) is 8.74. The van der Waals surface area contributed by atoms with Crippen molar-refractivity contribution in [2.24, 2.45) is 0 Å². The van der Waals surface area contributed by atoms with E-state index in [-0.39, 0.29) is 24.8 Å². The molecule has 0 radical (unpaired) electrons. The van der Waals surface area contributed by atoms with Crippen LogP contribution in [0.1, 0.15) is 31.2 Å². The van der Waals surface area contributed by atoms with Crippen LogP contribution in [0.3, 0.4) is 0 Å². The van der Waals surface area contributed by atoms with Crippen molar-refractivity contribution in [1.82, 2.24) is 9.71 Å². The zero-order chi connectivity index (χ0) is 22.1. The molecule has 0 saturated heterocycles. The third-order valence-corrected chi connectivity index (χ3v) is 6.13. The lowest BCUT2D eigenvalue weighted by Crippen LogP contribution is -2.40. The Morgan fingerprint density at radius 2 is 1.53 bits per heavy atom. The average molecular weight is 447 g/mol. The first-order chi connectivity index (χ1) is 14.1. The van der Waals surface area contributed by atoms with Crippen LogP contribution in [0.4, 0.5) is 22.0 Å². The fraction of sp³-hybridized carbons (Fsp3) is 0.333. The van der Waals surface area contributed by atoms with Crippen molar-refractivity contribution in [3.05, 3.63) is 53.0 Å². The second-order valence-electron chi connectivity index (χ2n) is 6.61. The minimum atomic E-state index is -5.00. The SMILES string of the molecule is N#Cc1ccc(OC2CCC(NS(=O)(=O)c3c(F)c(F)c(F)c(F)c3F)CC2)nc1. The molecular weight excluding hydrogens is 433 g/mol. The highest BCUT2D eigenvalue weighted by atomic mass is 32.2. The van der Waals surface area contributed by atoms with E-state index >= 15 is 0 Å². The molecule has 0 amide bonds. The fourth-order valence-electron chi connectivity index (χ4n) is 3.08. The lowest BCUT2D eigenvalue weighted by atomic mass is 9.94. The van der Waals surface area contributed by atoms with E-state index in [2.05, 4.69) is 4.98 Å². The van der Waals surface area contributed by atoms with Gasteiger partial charge in [0.25, 0.3) is 0 Å². The molecule has 1 fully saturated rings. The van der Waals surface area contributed by atoms with Crippen LogP contribution in [0.5, 0.6) is 5.88 Å². The van der Waals surface area contributed by atoms with Gasteiger partial charge in [-0.1, -0.05) is 0 Å². The van der Waals surface area contributed by atoms with Gasteiger partial charge in [-0.25, -0.2) is 40.1 Å². The number of aromatic nitrogens is 1. The van der Waals surface area contributed by atoms with Crippen molar-refractivity contribution in [3.63, 3.8) is 0 Å². The molecule has 0 bridgehead atoms. The third-order valence-electron chi connectivity index (χ3n) is 4.59. The van der Waals surface area contributed by atoms with Crippen LogP contribution >= 0.6 is 0 Å². The van der Waals surface area contributed by atoms with Gasteiger partial charge in [0.1, 0.15) is 12.2 Å². The van der Waals surface area contributed by atoms with Crippen LogP contribution in [0, 0.1) is 40.4 Å². The van der Waals surface area contributed by atoms with Gasteiger partial charge in [-0.2, -0.15) is 5.26 Å². The number of nitrogens with zero attached hydrogens (tertiary/aromatic N) is 2. The molecule has 1 saturated carbocycles. The van der Waals surface area contributed by atoms with E-state index in [9.17, 15) is 30.4 Å². The number of nitriles is 1. The van der Waals surface area contributed by atoms with Crippen molar-refractivity contribution in [1.29, 1.82) is 5.26 Å². The summed E-state index contributed by atoms with van der Waals surface area (Å²) in [6, 6.07) is 4.16. The Bertz CT molecular complexity index is 1070. The molecule has 0 unspecified atom stereocenters. The molecule has 6 nitrogen and oxygen atoms in total. The molecular formula is C18H14F5N3O3S. The Hall–Kier alpha value is -2.78. The smallest absolute Gasteiger partial charge is 0.246 e. The molecule has 1 aliphatic carbocycles. The molecule has 3 rings (SSSR count). The predicted molar refractivity (Wildman–Crippen MR) is 92.2 cm³/mol. The summed E-state index contributed by atoms with van der Waals surface area (Å²) in [6.07, 6.45) is 2.13. The predicted octanol–water partition coefficient (Wildman–Crippen LogP) is 3.32. The van der Waals surface area contributed by atoms with Crippen molar-refractivity contribution in [3.8, 4) is 11.9 Å². The molecule has 1 N–H and O–H groups in total. The van der Waals surface area contributed by atoms with Crippen molar-refractivity contribution >= 4 is 10.0 Å². The first-order valence-electron chi connectivity index (χ1n) is 8.70. The monoisotopic (exact) mass is 447 g/mol. The maximum atomic E-state index is 13.8. The van der Waals surface area contributed by atoms with Gasteiger partial charge < -0.3 is 4.74 Å². The van der Waals surface area contributed by atoms with Crippen LogP contribution in [0.15, 0.2) is 23.2 Å². The summed E-state index contributed by atoms with van der Waals surface area (Å²) >= 11 is 0. The van der Waals surface area contributed by atoms with Gasteiger partial charge in [0.2, 0.25) is 21.7 Å². The number of sulfonamides is 1. The summed E-state index contributed by atoms with van der Waals surface area (Å²) in [5.74, 6) is -11.6. The van der Waals surface area contributed by atoms with Gasteiger partial charge in [-0.15, -0.1) is 0 Å². The molecule has 1 heterocycles. The zero-order valence-electron chi connectivity index (χ0n) is 15.1. The normalized spacial score (nSPS) is 19.3. The van der Waals surface area contributed by atoms with Gasteiger partial charge in [0.15, 0.2) is 28.2 Å². The van der Waals surface area contributed by atoms with Gasteiger partial charge in [0, 0.05) is 18.3 Å². The van der Waals surface area contributed by atoms with Gasteiger partial charge in [0.05, 0.1) is 5.56 Å². The Labute approximate surface area is 168 Å². The summed E-state index contributed by atoms with van der Waals surface area (Å²) in [7, 11) is -5.00. The number of ether oxygens (including phenoxy) is 1. The van der Waals surface area contributed by atoms with Crippen molar-refractivity contribution < 1.29 is 35.1 Å². The first-order valence-corrected chi connectivity index (χ1v) is 10.2. The number of benzene rings is 1. The zero-order valence-corrected chi connectivity index (χ0v) is 15.9. The lowest BCUT2D eigenvalue weighted by Gasteiger charge is -2.29. The molecule has 30 heavy (non-hydrogen) atoms. The minimum Gasteiger partial charge on any atom is -0.474 e. The molecule has 1 aromatic carbocycles. The lowest BCUT2D eigenvalue weighted by molar-refractivity contribution is 0.138. The Morgan fingerprint density at radius 1 is 0.967 bits per heavy atom. The van der Waals surface area contributed by atoms with Crippen LogP contribution in [0.2, 0.25) is 0 Å². The highest BCUT2D eigenvalue weighted by Gasteiger charge is 2.35. The standard InChI is InChI=1S/C18H14F5N3O3S/c19-13-14(20)16(22)18(17(23)15(13)21)30(27,28)26-10-2-4-11(5-3-10)29-12-6-1-9(7-24)8-25-12/h1,6,8,10-11,26H,2-5H2. The largest absolute Gasteiger partial charge is 0.474 e. The van der Waals surface area contributed by atoms with Crippen LogP contribution in [0.25, 0.3) is 0 Å². The van der Waals surface area contributed by atoms with E-state index in [1.54, 1.807) is 0 Å². The third kappa shape index (κ3) is 4.36. The van der Waals surface area contributed by atoms with E-state index in [1.165, 1.54) is 18.3 Å². The second kappa shape index (κ2) is 8.53. The molecule has 0 aliphatic heterocycles. The first kappa shape index (κ1) is 21.9. The molecule has 2 aromatic rings. The van der Waals surface area contributed by atoms with E-state index in [0.717, 1.165) is 0 Å². The van der Waals surface area contributed by atoms with Crippen LogP contribution in [-0.2, 0) is 10.0 Å². The highest BCUT2D eigenvalue weighted by molar-refractivity contribution is 7.89. The number of pyridine rings is 1. The van der Waals surface area contributed by atoms with E-state index in [4.69, 9.17) is 10.00 Å². The van der Waals surface area contributed by atoms with E-state index < -0.39 is 50.0 Å².